The number of anilines is 1. The molecule has 1 amide bonds. The third-order valence-corrected chi connectivity index (χ3v) is 5.79. The van der Waals surface area contributed by atoms with Crippen molar-refractivity contribution in [2.45, 2.75) is 25.9 Å². The Labute approximate surface area is 224 Å². The maximum Gasteiger partial charge on any atom is 0.453 e. The number of carbonyl (C=O) groups is 1. The Kier molecular flexibility index (Phi) is 7.89. The molecular weight excluding hydrogens is 546 g/mol. The van der Waals surface area contributed by atoms with Gasteiger partial charge in [-0.1, -0.05) is 55.2 Å². The van der Waals surface area contributed by atoms with E-state index in [2.05, 4.69) is 5.32 Å². The van der Waals surface area contributed by atoms with E-state index in [4.69, 9.17) is 37.1 Å². The number of hydrogen-bond donors (Lipinski definition) is 1. The first-order chi connectivity index (χ1) is 17.9. The molecule has 11 heteroatoms. The van der Waals surface area contributed by atoms with E-state index in [0.29, 0.717) is 21.3 Å². The summed E-state index contributed by atoms with van der Waals surface area (Å²) in [7, 11) is 0. The van der Waals surface area contributed by atoms with E-state index in [1.165, 1.54) is 36.4 Å². The maximum absolute atomic E-state index is 13.9. The van der Waals surface area contributed by atoms with E-state index < -0.39 is 35.6 Å². The van der Waals surface area contributed by atoms with Gasteiger partial charge in [0, 0.05) is 21.8 Å². The molecule has 0 saturated carbocycles. The second kappa shape index (κ2) is 11.0. The van der Waals surface area contributed by atoms with Crippen molar-refractivity contribution in [1.29, 1.82) is 0 Å². The van der Waals surface area contributed by atoms with Crippen molar-refractivity contribution < 1.29 is 31.9 Å². The van der Waals surface area contributed by atoms with Crippen molar-refractivity contribution in [3.63, 3.8) is 0 Å². The minimum atomic E-state index is -5.02. The minimum Gasteiger partial charge on any atom is -0.484 e. The second-order valence-corrected chi connectivity index (χ2v) is 9.41. The Morgan fingerprint density at radius 1 is 1.03 bits per heavy atom. The Balaban J connectivity index is 1.63. The summed E-state index contributed by atoms with van der Waals surface area (Å²) in [6.45, 7) is 3.21. The van der Waals surface area contributed by atoms with Crippen LogP contribution in [0, 0.1) is 0 Å². The Morgan fingerprint density at radius 2 is 1.71 bits per heavy atom. The molecule has 0 radical (unpaired) electrons. The largest absolute Gasteiger partial charge is 0.484 e. The maximum atomic E-state index is 13.9. The highest BCUT2D eigenvalue weighted by Crippen LogP contribution is 2.40. The van der Waals surface area contributed by atoms with Gasteiger partial charge in [0.15, 0.2) is 6.61 Å². The molecule has 0 aliphatic carbocycles. The molecule has 6 nitrogen and oxygen atoms in total. The van der Waals surface area contributed by atoms with Crippen LogP contribution in [0.15, 0.2) is 69.9 Å². The molecule has 0 unspecified atom stereocenters. The van der Waals surface area contributed by atoms with Crippen molar-refractivity contribution in [1.82, 2.24) is 0 Å². The fourth-order valence-corrected chi connectivity index (χ4v) is 4.18. The fraction of sp³-hybridized carbons (Fsp3) is 0.185. The molecule has 4 rings (SSSR count). The highest BCUT2D eigenvalue weighted by atomic mass is 35.5. The van der Waals surface area contributed by atoms with Crippen molar-refractivity contribution in [2.24, 2.45) is 0 Å². The lowest BCUT2D eigenvalue weighted by atomic mass is 10.0. The van der Waals surface area contributed by atoms with Crippen LogP contribution in [0.4, 0.5) is 18.9 Å². The van der Waals surface area contributed by atoms with Gasteiger partial charge in [-0.2, -0.15) is 13.2 Å². The first kappa shape index (κ1) is 27.3. The number of para-hydroxylation sites is 1. The molecule has 1 N–H and O–H groups in total. The average Bonchev–Trinajstić information content (AvgIpc) is 2.83. The van der Waals surface area contributed by atoms with Gasteiger partial charge >= 0.3 is 6.18 Å². The summed E-state index contributed by atoms with van der Waals surface area (Å²) in [4.78, 5) is 25.3. The molecule has 0 atom stereocenters. The van der Waals surface area contributed by atoms with Crippen molar-refractivity contribution >= 4 is 45.8 Å². The third kappa shape index (κ3) is 6.23. The zero-order chi connectivity index (χ0) is 27.6. The molecule has 0 saturated heterocycles. The van der Waals surface area contributed by atoms with Crippen molar-refractivity contribution in [2.75, 3.05) is 11.9 Å². The highest BCUT2D eigenvalue weighted by molar-refractivity contribution is 6.35. The van der Waals surface area contributed by atoms with Crippen LogP contribution < -0.4 is 20.2 Å². The van der Waals surface area contributed by atoms with Crippen molar-refractivity contribution in [3.05, 3.63) is 92.3 Å². The normalized spacial score (nSPS) is 11.6. The van der Waals surface area contributed by atoms with Gasteiger partial charge in [0.1, 0.15) is 17.1 Å². The quantitative estimate of drug-likeness (QED) is 0.245. The predicted molar refractivity (Wildman–Crippen MR) is 139 cm³/mol. The number of alkyl halides is 3. The molecule has 1 aromatic heterocycles. The van der Waals surface area contributed by atoms with Crippen LogP contribution >= 0.6 is 23.2 Å². The second-order valence-electron chi connectivity index (χ2n) is 8.53. The van der Waals surface area contributed by atoms with Gasteiger partial charge in [-0.3, -0.25) is 9.59 Å². The van der Waals surface area contributed by atoms with E-state index >= 15 is 0 Å². The van der Waals surface area contributed by atoms with Crippen LogP contribution in [0.25, 0.3) is 11.0 Å². The lowest BCUT2D eigenvalue weighted by Crippen LogP contribution is -2.20. The summed E-state index contributed by atoms with van der Waals surface area (Å²) in [6.07, 6.45) is -5.02. The van der Waals surface area contributed by atoms with Gasteiger partial charge in [0.25, 0.3) is 11.7 Å². The molecule has 3 aromatic carbocycles. The van der Waals surface area contributed by atoms with E-state index in [-0.39, 0.29) is 28.4 Å². The average molecular weight is 566 g/mol. The summed E-state index contributed by atoms with van der Waals surface area (Å²) in [5, 5.41) is 3.02. The molecule has 0 fully saturated rings. The van der Waals surface area contributed by atoms with Crippen molar-refractivity contribution in [3.8, 4) is 17.2 Å². The molecular formula is C27H20Cl2F3NO5. The summed E-state index contributed by atoms with van der Waals surface area (Å²) in [5.74, 6) is -3.07. The number of fused-ring (bicyclic) bond motifs is 1. The Hall–Kier alpha value is -3.69. The van der Waals surface area contributed by atoms with E-state index in [1.807, 2.05) is 13.8 Å². The first-order valence-electron chi connectivity index (χ1n) is 11.3. The molecule has 38 heavy (non-hydrogen) atoms. The number of nitrogens with one attached hydrogen (secondary N) is 1. The van der Waals surface area contributed by atoms with E-state index in [9.17, 15) is 22.8 Å². The molecule has 0 spiro atoms. The number of benzene rings is 3. The van der Waals surface area contributed by atoms with Gasteiger partial charge in [-0.05, 0) is 47.9 Å². The summed E-state index contributed by atoms with van der Waals surface area (Å²) < 4.78 is 57.8. The van der Waals surface area contributed by atoms with Crippen LogP contribution in [0.2, 0.25) is 10.0 Å². The lowest BCUT2D eigenvalue weighted by Gasteiger charge is -2.16. The SMILES string of the molecule is CC(C)c1ccccc1Oc1c(C(F)(F)F)oc2cc(OCC(=O)Nc3cc(Cl)cc(Cl)c3)ccc2c1=O. The van der Waals surface area contributed by atoms with Gasteiger partial charge in [0.2, 0.25) is 11.2 Å². The summed E-state index contributed by atoms with van der Waals surface area (Å²) in [5.41, 5.74) is -0.421. The molecule has 0 bridgehead atoms. The fourth-order valence-electron chi connectivity index (χ4n) is 3.66. The molecule has 198 valence electrons. The molecule has 0 aliphatic rings. The molecule has 4 aromatic rings. The zero-order valence-corrected chi connectivity index (χ0v) is 21.5. The number of carbonyl (C=O) groups excluding carboxylic acids is 1. The van der Waals surface area contributed by atoms with Gasteiger partial charge in [0.05, 0.1) is 5.39 Å². The molecule has 1 heterocycles. The predicted octanol–water partition coefficient (Wildman–Crippen LogP) is 8.05. The summed E-state index contributed by atoms with van der Waals surface area (Å²) in [6, 6.07) is 14.6. The number of rotatable bonds is 7. The number of ether oxygens (including phenoxy) is 2. The number of halogens is 5. The Morgan fingerprint density at radius 3 is 2.37 bits per heavy atom. The summed E-state index contributed by atoms with van der Waals surface area (Å²) >= 11 is 11.8. The first-order valence-corrected chi connectivity index (χ1v) is 12.0. The van der Waals surface area contributed by atoms with Crippen LogP contribution in [-0.2, 0) is 11.0 Å². The third-order valence-electron chi connectivity index (χ3n) is 5.35. The monoisotopic (exact) mass is 565 g/mol. The van der Waals surface area contributed by atoms with E-state index in [1.54, 1.807) is 18.2 Å². The lowest BCUT2D eigenvalue weighted by molar-refractivity contribution is -0.154. The van der Waals surface area contributed by atoms with Gasteiger partial charge in [-0.15, -0.1) is 0 Å². The van der Waals surface area contributed by atoms with E-state index in [0.717, 1.165) is 6.07 Å². The van der Waals surface area contributed by atoms with Crippen LogP contribution in [0.5, 0.6) is 17.2 Å². The van der Waals surface area contributed by atoms with Gasteiger partial charge < -0.3 is 19.2 Å². The highest BCUT2D eigenvalue weighted by Gasteiger charge is 2.40. The number of amides is 1. The standard InChI is InChI=1S/C27H20Cl2F3NO5/c1-14(2)19-5-3-4-6-21(19)37-25-24(35)20-8-7-18(12-22(20)38-26(25)27(30,31)32)36-13-23(34)33-17-10-15(28)9-16(29)11-17/h3-12,14H,13H2,1-2H3,(H,33,34). The minimum absolute atomic E-state index is 0.00636. The smallest absolute Gasteiger partial charge is 0.453 e. The molecule has 0 aliphatic heterocycles. The topological polar surface area (TPSA) is 77.8 Å². The van der Waals surface area contributed by atoms with Crippen LogP contribution in [0.3, 0.4) is 0 Å². The zero-order valence-electron chi connectivity index (χ0n) is 20.0. The number of hydrogen-bond acceptors (Lipinski definition) is 5. The van der Waals surface area contributed by atoms with Crippen LogP contribution in [-0.4, -0.2) is 12.5 Å². The van der Waals surface area contributed by atoms with Crippen LogP contribution in [0.1, 0.15) is 31.1 Å². The Bertz CT molecular complexity index is 1550. The van der Waals surface area contributed by atoms with Gasteiger partial charge in [-0.25, -0.2) is 0 Å².